The number of halogens is 2. The van der Waals surface area contributed by atoms with E-state index < -0.39 is 0 Å². The zero-order valence-corrected chi connectivity index (χ0v) is 14.9. The van der Waals surface area contributed by atoms with Gasteiger partial charge in [-0.05, 0) is 30.2 Å². The summed E-state index contributed by atoms with van der Waals surface area (Å²) in [5, 5.41) is 8.74. The van der Waals surface area contributed by atoms with Gasteiger partial charge in [0.2, 0.25) is 0 Å². The highest BCUT2D eigenvalue weighted by Crippen LogP contribution is 2.34. The third kappa shape index (κ3) is 4.50. The molecule has 4 nitrogen and oxygen atoms in total. The van der Waals surface area contributed by atoms with Crippen molar-refractivity contribution in [3.05, 3.63) is 58.4 Å². The average molecular weight is 354 g/mol. The van der Waals surface area contributed by atoms with Crippen molar-refractivity contribution in [2.45, 2.75) is 25.9 Å². The van der Waals surface area contributed by atoms with E-state index in [1.807, 2.05) is 29.9 Å². The summed E-state index contributed by atoms with van der Waals surface area (Å²) >= 11 is 12.5. The van der Waals surface area contributed by atoms with Crippen LogP contribution in [0.5, 0.6) is 5.75 Å². The van der Waals surface area contributed by atoms with Crippen LogP contribution in [0.1, 0.15) is 30.6 Å². The van der Waals surface area contributed by atoms with Gasteiger partial charge in [-0.1, -0.05) is 42.8 Å². The first-order valence-corrected chi connectivity index (χ1v) is 8.25. The fourth-order valence-corrected chi connectivity index (χ4v) is 3.06. The number of aryl methyl sites for hydroxylation is 1. The van der Waals surface area contributed by atoms with E-state index in [-0.39, 0.29) is 6.04 Å². The first kappa shape index (κ1) is 17.9. The number of rotatable bonds is 8. The van der Waals surface area contributed by atoms with Crippen LogP contribution >= 0.6 is 23.2 Å². The number of ether oxygens (including phenoxy) is 1. The fraction of sp³-hybridized carbons (Fsp3) is 0.353. The van der Waals surface area contributed by atoms with Crippen LogP contribution in [0.15, 0.2) is 37.1 Å². The van der Waals surface area contributed by atoms with Crippen molar-refractivity contribution in [1.82, 2.24) is 15.1 Å². The summed E-state index contributed by atoms with van der Waals surface area (Å²) in [5.74, 6) is 0.496. The lowest BCUT2D eigenvalue weighted by Gasteiger charge is -2.18. The molecular weight excluding hydrogens is 333 g/mol. The minimum atomic E-state index is 0.219. The van der Waals surface area contributed by atoms with Gasteiger partial charge in [0, 0.05) is 25.8 Å². The number of nitrogens with zero attached hydrogens (tertiary/aromatic N) is 2. The van der Waals surface area contributed by atoms with E-state index in [9.17, 15) is 0 Å². The quantitative estimate of drug-likeness (QED) is 0.708. The molecule has 0 aliphatic rings. The Balaban J connectivity index is 2.08. The molecule has 0 aliphatic carbocycles. The summed E-state index contributed by atoms with van der Waals surface area (Å²) < 4.78 is 7.36. The van der Waals surface area contributed by atoms with Crippen LogP contribution in [0.2, 0.25) is 10.0 Å². The predicted molar refractivity (Wildman–Crippen MR) is 95.2 cm³/mol. The lowest BCUT2D eigenvalue weighted by atomic mass is 10.1. The van der Waals surface area contributed by atoms with Gasteiger partial charge >= 0.3 is 0 Å². The molecule has 0 bridgehead atoms. The van der Waals surface area contributed by atoms with E-state index in [4.69, 9.17) is 27.9 Å². The van der Waals surface area contributed by atoms with E-state index in [1.54, 1.807) is 12.3 Å². The maximum Gasteiger partial charge on any atom is 0.156 e. The number of benzene rings is 1. The molecule has 6 heteroatoms. The van der Waals surface area contributed by atoms with Gasteiger partial charge in [-0.3, -0.25) is 4.68 Å². The predicted octanol–water partition coefficient (Wildman–Crippen LogP) is 4.53. The molecule has 124 valence electrons. The Hall–Kier alpha value is -1.49. The van der Waals surface area contributed by atoms with Crippen molar-refractivity contribution >= 4 is 23.2 Å². The van der Waals surface area contributed by atoms with Crippen molar-refractivity contribution in [2.75, 3.05) is 6.61 Å². The molecule has 0 radical (unpaired) electrons. The van der Waals surface area contributed by atoms with Crippen LogP contribution in [-0.2, 0) is 13.6 Å². The van der Waals surface area contributed by atoms with Crippen LogP contribution in [0.3, 0.4) is 0 Å². The molecule has 0 fully saturated rings. The number of hydrogen-bond donors (Lipinski definition) is 1. The Morgan fingerprint density at radius 1 is 1.39 bits per heavy atom. The van der Waals surface area contributed by atoms with Crippen molar-refractivity contribution in [2.24, 2.45) is 7.05 Å². The fourth-order valence-electron chi connectivity index (χ4n) is 2.42. The van der Waals surface area contributed by atoms with Crippen molar-refractivity contribution in [3.8, 4) is 5.75 Å². The van der Waals surface area contributed by atoms with Crippen LogP contribution in [-0.4, -0.2) is 16.4 Å². The van der Waals surface area contributed by atoms with E-state index in [2.05, 4.69) is 23.9 Å². The molecule has 1 heterocycles. The molecule has 0 aliphatic heterocycles. The Morgan fingerprint density at radius 3 is 2.61 bits per heavy atom. The number of hydrogen-bond acceptors (Lipinski definition) is 3. The highest BCUT2D eigenvalue weighted by molar-refractivity contribution is 6.37. The highest BCUT2D eigenvalue weighted by atomic mass is 35.5. The molecule has 2 rings (SSSR count). The first-order valence-electron chi connectivity index (χ1n) is 7.49. The third-order valence-corrected chi connectivity index (χ3v) is 4.14. The SMILES string of the molecule is C=CCOc1c(Cl)cc(CN[C@@H](CC)c2ccnn2C)cc1Cl. The monoisotopic (exact) mass is 353 g/mol. The van der Waals surface area contributed by atoms with Crippen molar-refractivity contribution in [3.63, 3.8) is 0 Å². The van der Waals surface area contributed by atoms with Crippen LogP contribution in [0.4, 0.5) is 0 Å². The lowest BCUT2D eigenvalue weighted by Crippen LogP contribution is -2.22. The van der Waals surface area contributed by atoms with Gasteiger partial charge in [0.05, 0.1) is 15.7 Å². The maximum absolute atomic E-state index is 6.26. The van der Waals surface area contributed by atoms with Crippen LogP contribution < -0.4 is 10.1 Å². The highest BCUT2D eigenvalue weighted by Gasteiger charge is 2.14. The molecule has 1 atom stereocenters. The zero-order valence-electron chi connectivity index (χ0n) is 13.4. The smallest absolute Gasteiger partial charge is 0.156 e. The largest absolute Gasteiger partial charge is 0.486 e. The molecule has 0 unspecified atom stereocenters. The Kier molecular flexibility index (Phi) is 6.51. The summed E-state index contributed by atoms with van der Waals surface area (Å²) in [6.07, 6.45) is 4.42. The van der Waals surface area contributed by atoms with Crippen molar-refractivity contribution in [1.29, 1.82) is 0 Å². The summed E-state index contributed by atoms with van der Waals surface area (Å²) in [5.41, 5.74) is 2.15. The van der Waals surface area contributed by atoms with E-state index in [0.717, 1.165) is 17.7 Å². The molecule has 0 saturated carbocycles. The second-order valence-electron chi connectivity index (χ2n) is 5.21. The molecule has 1 aromatic carbocycles. The van der Waals surface area contributed by atoms with Crippen LogP contribution in [0.25, 0.3) is 0 Å². The molecule has 1 N–H and O–H groups in total. The average Bonchev–Trinajstić information content (AvgIpc) is 2.93. The minimum Gasteiger partial charge on any atom is -0.486 e. The molecule has 2 aromatic rings. The normalized spacial score (nSPS) is 12.2. The van der Waals surface area contributed by atoms with E-state index in [0.29, 0.717) is 28.9 Å². The second-order valence-corrected chi connectivity index (χ2v) is 6.02. The van der Waals surface area contributed by atoms with Gasteiger partial charge in [0.15, 0.2) is 5.75 Å². The van der Waals surface area contributed by atoms with Crippen LogP contribution in [0, 0.1) is 0 Å². The van der Waals surface area contributed by atoms with Crippen molar-refractivity contribution < 1.29 is 4.74 Å². The van der Waals surface area contributed by atoms with Gasteiger partial charge in [0.25, 0.3) is 0 Å². The first-order chi connectivity index (χ1) is 11.1. The zero-order chi connectivity index (χ0) is 16.8. The molecule has 1 aromatic heterocycles. The Morgan fingerprint density at radius 2 is 2.09 bits per heavy atom. The summed E-state index contributed by atoms with van der Waals surface area (Å²) in [6.45, 7) is 6.78. The Labute approximate surface area is 147 Å². The Bertz CT molecular complexity index is 647. The van der Waals surface area contributed by atoms with Gasteiger partial charge in [-0.2, -0.15) is 5.10 Å². The molecule has 23 heavy (non-hydrogen) atoms. The van der Waals surface area contributed by atoms with E-state index >= 15 is 0 Å². The number of aromatic nitrogens is 2. The summed E-state index contributed by atoms with van der Waals surface area (Å²) in [4.78, 5) is 0. The van der Waals surface area contributed by atoms with Gasteiger partial charge < -0.3 is 10.1 Å². The standard InChI is InChI=1S/C17H21Cl2N3O/c1-4-8-23-17-13(18)9-12(10-14(17)19)11-20-15(5-2)16-6-7-21-22(16)3/h4,6-7,9-10,15,20H,1,5,8,11H2,2-3H3/t15-/m0/s1. The van der Waals surface area contributed by atoms with Gasteiger partial charge in [0.1, 0.15) is 6.61 Å². The topological polar surface area (TPSA) is 39.1 Å². The third-order valence-electron chi connectivity index (χ3n) is 3.58. The molecule has 0 amide bonds. The van der Waals surface area contributed by atoms with Gasteiger partial charge in [-0.25, -0.2) is 0 Å². The molecule has 0 saturated heterocycles. The maximum atomic E-state index is 6.26. The van der Waals surface area contributed by atoms with E-state index in [1.165, 1.54) is 0 Å². The van der Waals surface area contributed by atoms with Gasteiger partial charge in [-0.15, -0.1) is 0 Å². The molecular formula is C17H21Cl2N3O. The molecule has 0 spiro atoms. The number of nitrogens with one attached hydrogen (secondary N) is 1. The second kappa shape index (κ2) is 8.39. The lowest BCUT2D eigenvalue weighted by molar-refractivity contribution is 0.363. The minimum absolute atomic E-state index is 0.219. The summed E-state index contributed by atoms with van der Waals surface area (Å²) in [6, 6.07) is 5.98. The summed E-state index contributed by atoms with van der Waals surface area (Å²) in [7, 11) is 1.94.